The summed E-state index contributed by atoms with van der Waals surface area (Å²) >= 11 is 17.5. The first kappa shape index (κ1) is 24.0. The Kier molecular flexibility index (Phi) is 7.32. The summed E-state index contributed by atoms with van der Waals surface area (Å²) in [5.74, 6) is -0.575. The van der Waals surface area contributed by atoms with Crippen LogP contribution in [0.4, 0.5) is 5.69 Å². The highest BCUT2D eigenvalue weighted by Crippen LogP contribution is 2.28. The number of hydrogen-bond donors (Lipinski definition) is 1. The van der Waals surface area contributed by atoms with Crippen LogP contribution < -0.4 is 15.0 Å². The molecule has 0 bridgehead atoms. The molecule has 5 nitrogen and oxygen atoms in total. The maximum absolute atomic E-state index is 13.3. The van der Waals surface area contributed by atoms with E-state index in [4.69, 9.17) is 40.2 Å². The number of ether oxygens (including phenoxy) is 1. The molecule has 0 unspecified atom stereocenters. The van der Waals surface area contributed by atoms with E-state index in [1.165, 1.54) is 11.0 Å². The van der Waals surface area contributed by atoms with E-state index in [0.29, 0.717) is 27.0 Å². The molecule has 1 heterocycles. The number of rotatable bonds is 6. The third-order valence-electron chi connectivity index (χ3n) is 5.32. The van der Waals surface area contributed by atoms with Gasteiger partial charge in [0, 0.05) is 21.2 Å². The van der Waals surface area contributed by atoms with E-state index in [1.54, 1.807) is 42.5 Å². The lowest BCUT2D eigenvalue weighted by atomic mass is 10.1. The highest BCUT2D eigenvalue weighted by Gasteiger charge is 2.34. The predicted molar refractivity (Wildman–Crippen MR) is 139 cm³/mol. The fourth-order valence-electron chi connectivity index (χ4n) is 3.45. The summed E-state index contributed by atoms with van der Waals surface area (Å²) < 4.78 is 5.96. The Balaban J connectivity index is 1.62. The molecule has 8 heteroatoms. The van der Waals surface area contributed by atoms with E-state index in [9.17, 15) is 9.59 Å². The number of nitrogens with zero attached hydrogens (tertiary/aromatic N) is 1. The maximum atomic E-state index is 13.3. The number of carbonyl (C=O) groups is 2. The molecule has 1 fully saturated rings. The lowest BCUT2D eigenvalue weighted by molar-refractivity contribution is -0.122. The Bertz CT molecular complexity index is 1310. The van der Waals surface area contributed by atoms with Crippen molar-refractivity contribution in [1.29, 1.82) is 0 Å². The molecule has 1 aliphatic heterocycles. The molecule has 0 atom stereocenters. The van der Waals surface area contributed by atoms with Crippen molar-refractivity contribution in [3.8, 4) is 5.75 Å². The summed E-state index contributed by atoms with van der Waals surface area (Å²) in [5.41, 5.74) is 2.99. The number of thiocarbonyl (C=S) groups is 1. The second-order valence-electron chi connectivity index (χ2n) is 7.54. The largest absolute Gasteiger partial charge is 0.488 e. The third-order valence-corrected chi connectivity index (χ3v) is 6.19. The first-order chi connectivity index (χ1) is 16.4. The number of carbonyl (C=O) groups excluding carboxylic acids is 2. The van der Waals surface area contributed by atoms with E-state index < -0.39 is 11.8 Å². The maximum Gasteiger partial charge on any atom is 0.270 e. The van der Waals surface area contributed by atoms with E-state index in [1.807, 2.05) is 31.2 Å². The molecule has 0 aromatic heterocycles. The van der Waals surface area contributed by atoms with Gasteiger partial charge in [0.25, 0.3) is 11.8 Å². The van der Waals surface area contributed by atoms with Crippen LogP contribution in [0.2, 0.25) is 10.0 Å². The van der Waals surface area contributed by atoms with Crippen LogP contribution in [0.3, 0.4) is 0 Å². The summed E-state index contributed by atoms with van der Waals surface area (Å²) in [4.78, 5) is 27.3. The van der Waals surface area contributed by atoms with E-state index in [2.05, 4.69) is 5.32 Å². The van der Waals surface area contributed by atoms with Gasteiger partial charge in [0.2, 0.25) is 0 Å². The van der Waals surface area contributed by atoms with Crippen LogP contribution in [0, 0.1) is 0 Å². The van der Waals surface area contributed by atoms with E-state index in [0.717, 1.165) is 17.5 Å². The predicted octanol–water partition coefficient (Wildman–Crippen LogP) is 5.97. The Hall–Kier alpha value is -3.19. The number of benzene rings is 3. The van der Waals surface area contributed by atoms with Gasteiger partial charge in [0.15, 0.2) is 5.11 Å². The van der Waals surface area contributed by atoms with Crippen LogP contribution in [0.1, 0.15) is 23.6 Å². The molecule has 0 radical (unpaired) electrons. The average molecular weight is 511 g/mol. The smallest absolute Gasteiger partial charge is 0.270 e. The number of aryl methyl sites for hydroxylation is 1. The van der Waals surface area contributed by atoms with Crippen molar-refractivity contribution < 1.29 is 14.3 Å². The minimum atomic E-state index is -0.563. The Morgan fingerprint density at radius 3 is 2.47 bits per heavy atom. The molecule has 0 aliphatic carbocycles. The summed E-state index contributed by atoms with van der Waals surface area (Å²) in [7, 11) is 0. The molecule has 4 rings (SSSR count). The van der Waals surface area contributed by atoms with Gasteiger partial charge in [-0.2, -0.15) is 0 Å². The van der Waals surface area contributed by atoms with Crippen LogP contribution in [0.5, 0.6) is 5.75 Å². The first-order valence-electron chi connectivity index (χ1n) is 10.5. The summed E-state index contributed by atoms with van der Waals surface area (Å²) in [6.07, 6.45) is 2.38. The lowest BCUT2D eigenvalue weighted by Gasteiger charge is -2.29. The van der Waals surface area contributed by atoms with Gasteiger partial charge in [-0.1, -0.05) is 66.5 Å². The van der Waals surface area contributed by atoms with Crippen LogP contribution in [-0.4, -0.2) is 16.9 Å². The van der Waals surface area contributed by atoms with Crippen molar-refractivity contribution in [3.05, 3.63) is 99.0 Å². The SMILES string of the molecule is CCc1ccc(N2C(=O)/C(=C/c3ccccc3OCc3ccc(Cl)cc3Cl)C(=O)NC2=S)cc1. The van der Waals surface area contributed by atoms with Crippen molar-refractivity contribution in [2.45, 2.75) is 20.0 Å². The molecule has 0 spiro atoms. The minimum Gasteiger partial charge on any atom is -0.488 e. The quantitative estimate of drug-likeness (QED) is 0.252. The molecule has 1 aliphatic rings. The summed E-state index contributed by atoms with van der Waals surface area (Å²) in [6, 6.07) is 19.8. The zero-order valence-electron chi connectivity index (χ0n) is 18.2. The summed E-state index contributed by atoms with van der Waals surface area (Å²) in [6.45, 7) is 2.24. The topological polar surface area (TPSA) is 58.6 Å². The Morgan fingerprint density at radius 2 is 1.76 bits per heavy atom. The second kappa shape index (κ2) is 10.4. The number of hydrogen-bond acceptors (Lipinski definition) is 4. The molecule has 2 amide bonds. The number of nitrogens with one attached hydrogen (secondary N) is 1. The Morgan fingerprint density at radius 1 is 1.03 bits per heavy atom. The van der Waals surface area contributed by atoms with E-state index in [-0.39, 0.29) is 17.3 Å². The van der Waals surface area contributed by atoms with Crippen molar-refractivity contribution >= 4 is 64.1 Å². The van der Waals surface area contributed by atoms with Gasteiger partial charge in [-0.25, -0.2) is 0 Å². The molecule has 3 aromatic carbocycles. The van der Waals surface area contributed by atoms with Crippen LogP contribution >= 0.6 is 35.4 Å². The highest BCUT2D eigenvalue weighted by molar-refractivity contribution is 7.80. The zero-order valence-corrected chi connectivity index (χ0v) is 20.5. The molecule has 1 N–H and O–H groups in total. The average Bonchev–Trinajstić information content (AvgIpc) is 2.82. The molecule has 0 saturated carbocycles. The summed E-state index contributed by atoms with van der Waals surface area (Å²) in [5, 5.41) is 3.67. The van der Waals surface area contributed by atoms with Crippen molar-refractivity contribution in [3.63, 3.8) is 0 Å². The van der Waals surface area contributed by atoms with Crippen molar-refractivity contribution in [2.24, 2.45) is 0 Å². The number of para-hydroxylation sites is 1. The van der Waals surface area contributed by atoms with Gasteiger partial charge in [0.1, 0.15) is 17.9 Å². The monoisotopic (exact) mass is 510 g/mol. The first-order valence-corrected chi connectivity index (χ1v) is 11.7. The van der Waals surface area contributed by atoms with Crippen LogP contribution in [0.15, 0.2) is 72.3 Å². The third kappa shape index (κ3) is 5.14. The minimum absolute atomic E-state index is 0.0401. The van der Waals surface area contributed by atoms with Gasteiger partial charge in [-0.05, 0) is 60.6 Å². The van der Waals surface area contributed by atoms with Gasteiger partial charge >= 0.3 is 0 Å². The van der Waals surface area contributed by atoms with E-state index >= 15 is 0 Å². The van der Waals surface area contributed by atoms with Gasteiger partial charge in [0.05, 0.1) is 5.69 Å². The van der Waals surface area contributed by atoms with Crippen molar-refractivity contribution in [2.75, 3.05) is 4.90 Å². The van der Waals surface area contributed by atoms with Crippen LogP contribution in [-0.2, 0) is 22.6 Å². The standard InChI is InChI=1S/C26H20Cl2N2O3S/c1-2-16-7-11-20(12-8-16)30-25(32)21(24(31)29-26(30)34)13-17-5-3-4-6-23(17)33-15-18-9-10-19(27)14-22(18)28/h3-14H,2,15H2,1H3,(H,29,31,34)/b21-13+. The second-order valence-corrected chi connectivity index (χ2v) is 8.77. The van der Waals surface area contributed by atoms with Gasteiger partial charge in [-0.3, -0.25) is 19.8 Å². The molecular weight excluding hydrogens is 491 g/mol. The fraction of sp³-hybridized carbons (Fsp3) is 0.115. The number of anilines is 1. The number of amides is 2. The molecule has 1 saturated heterocycles. The number of halogens is 2. The fourth-order valence-corrected chi connectivity index (χ4v) is 4.20. The van der Waals surface area contributed by atoms with Crippen molar-refractivity contribution in [1.82, 2.24) is 5.32 Å². The molecule has 3 aromatic rings. The lowest BCUT2D eigenvalue weighted by Crippen LogP contribution is -2.54. The zero-order chi connectivity index (χ0) is 24.2. The molecular formula is C26H20Cl2N2O3S. The normalized spacial score (nSPS) is 15.0. The molecule has 34 heavy (non-hydrogen) atoms. The highest BCUT2D eigenvalue weighted by atomic mass is 35.5. The van der Waals surface area contributed by atoms with Gasteiger partial charge < -0.3 is 4.74 Å². The van der Waals surface area contributed by atoms with Crippen LogP contribution in [0.25, 0.3) is 6.08 Å². The molecule has 172 valence electrons. The Labute approximate surface area is 212 Å². The van der Waals surface area contributed by atoms with Gasteiger partial charge in [-0.15, -0.1) is 0 Å².